The Morgan fingerprint density at radius 1 is 1.53 bits per heavy atom. The van der Waals surface area contributed by atoms with Gasteiger partial charge in [0.05, 0.1) is 0 Å². The lowest BCUT2D eigenvalue weighted by Gasteiger charge is -2.38. The standard InChI is InChI=1S/C13H20FN3/c1-13(2)5-3-7-17(9-13)12-11(14)10(8-15)4-6-16-12/h4,6H,3,5,7-9,15H2,1-2H3. The van der Waals surface area contributed by atoms with E-state index >= 15 is 0 Å². The first kappa shape index (κ1) is 12.3. The van der Waals surface area contributed by atoms with Gasteiger partial charge in [0, 0.05) is 31.4 Å². The van der Waals surface area contributed by atoms with Crippen molar-refractivity contribution in [1.29, 1.82) is 0 Å². The molecule has 0 atom stereocenters. The summed E-state index contributed by atoms with van der Waals surface area (Å²) in [6, 6.07) is 1.65. The molecule has 1 fully saturated rings. The molecule has 1 aliphatic heterocycles. The molecular weight excluding hydrogens is 217 g/mol. The predicted octanol–water partition coefficient (Wildman–Crippen LogP) is 2.31. The molecular formula is C13H20FN3. The van der Waals surface area contributed by atoms with Crippen molar-refractivity contribution in [2.75, 3.05) is 18.0 Å². The Labute approximate surface area is 102 Å². The van der Waals surface area contributed by atoms with Crippen LogP contribution in [0.25, 0.3) is 0 Å². The molecule has 2 rings (SSSR count). The topological polar surface area (TPSA) is 42.2 Å². The number of rotatable bonds is 2. The summed E-state index contributed by atoms with van der Waals surface area (Å²) in [5.41, 5.74) is 6.28. The number of hydrogen-bond donors (Lipinski definition) is 1. The lowest BCUT2D eigenvalue weighted by Crippen LogP contribution is -2.41. The number of nitrogens with zero attached hydrogens (tertiary/aromatic N) is 2. The summed E-state index contributed by atoms with van der Waals surface area (Å²) in [5.74, 6) is 0.202. The van der Waals surface area contributed by atoms with Crippen LogP contribution in [0.1, 0.15) is 32.3 Å². The molecule has 0 spiro atoms. The molecule has 1 aromatic heterocycles. The fourth-order valence-electron chi connectivity index (χ4n) is 2.45. The van der Waals surface area contributed by atoms with Crippen LogP contribution in [0.5, 0.6) is 0 Å². The van der Waals surface area contributed by atoms with Gasteiger partial charge in [0.1, 0.15) is 0 Å². The number of halogens is 1. The third-order valence-electron chi connectivity index (χ3n) is 3.37. The maximum absolute atomic E-state index is 14.1. The number of hydrogen-bond acceptors (Lipinski definition) is 3. The van der Waals surface area contributed by atoms with Crippen molar-refractivity contribution in [3.8, 4) is 0 Å². The average Bonchev–Trinajstić information content (AvgIpc) is 2.28. The number of nitrogens with two attached hydrogens (primary N) is 1. The fraction of sp³-hybridized carbons (Fsp3) is 0.615. The summed E-state index contributed by atoms with van der Waals surface area (Å²) in [4.78, 5) is 6.21. The van der Waals surface area contributed by atoms with Gasteiger partial charge in [-0.15, -0.1) is 0 Å². The largest absolute Gasteiger partial charge is 0.354 e. The molecule has 0 aromatic carbocycles. The third-order valence-corrected chi connectivity index (χ3v) is 3.37. The summed E-state index contributed by atoms with van der Waals surface area (Å²) in [6.07, 6.45) is 3.91. The Kier molecular flexibility index (Phi) is 3.33. The van der Waals surface area contributed by atoms with Crippen LogP contribution < -0.4 is 10.6 Å². The number of aromatic nitrogens is 1. The molecule has 0 aliphatic carbocycles. The summed E-state index contributed by atoms with van der Waals surface area (Å²) < 4.78 is 14.1. The van der Waals surface area contributed by atoms with Crippen LogP contribution in [0.2, 0.25) is 0 Å². The third kappa shape index (κ3) is 2.57. The van der Waals surface area contributed by atoms with Gasteiger partial charge in [-0.25, -0.2) is 9.37 Å². The molecule has 2 N–H and O–H groups in total. The van der Waals surface area contributed by atoms with E-state index in [0.717, 1.165) is 19.5 Å². The van der Waals surface area contributed by atoms with Gasteiger partial charge < -0.3 is 10.6 Å². The van der Waals surface area contributed by atoms with Gasteiger partial charge in [0.25, 0.3) is 0 Å². The summed E-state index contributed by atoms with van der Waals surface area (Å²) in [7, 11) is 0. The normalized spacial score (nSPS) is 19.4. The van der Waals surface area contributed by atoms with Crippen molar-refractivity contribution in [1.82, 2.24) is 4.98 Å². The number of anilines is 1. The Bertz CT molecular complexity index is 404. The zero-order valence-corrected chi connectivity index (χ0v) is 10.5. The Hall–Kier alpha value is -1.16. The quantitative estimate of drug-likeness (QED) is 0.858. The molecule has 2 heterocycles. The highest BCUT2D eigenvalue weighted by Crippen LogP contribution is 2.32. The summed E-state index contributed by atoms with van der Waals surface area (Å²) in [6.45, 7) is 6.37. The lowest BCUT2D eigenvalue weighted by atomic mass is 9.84. The van der Waals surface area contributed by atoms with Crippen LogP contribution in [0.3, 0.4) is 0 Å². The average molecular weight is 237 g/mol. The van der Waals surface area contributed by atoms with E-state index < -0.39 is 0 Å². The smallest absolute Gasteiger partial charge is 0.170 e. The Balaban J connectivity index is 2.28. The van der Waals surface area contributed by atoms with Gasteiger partial charge in [-0.1, -0.05) is 13.8 Å². The highest BCUT2D eigenvalue weighted by atomic mass is 19.1. The highest BCUT2D eigenvalue weighted by molar-refractivity contribution is 5.43. The van der Waals surface area contributed by atoms with Crippen molar-refractivity contribution >= 4 is 5.82 Å². The second-order valence-electron chi connectivity index (χ2n) is 5.50. The van der Waals surface area contributed by atoms with Crippen molar-refractivity contribution in [2.45, 2.75) is 33.2 Å². The van der Waals surface area contributed by atoms with E-state index in [-0.39, 0.29) is 17.8 Å². The van der Waals surface area contributed by atoms with Crippen molar-refractivity contribution in [3.63, 3.8) is 0 Å². The maximum atomic E-state index is 14.1. The lowest BCUT2D eigenvalue weighted by molar-refractivity contribution is 0.290. The maximum Gasteiger partial charge on any atom is 0.170 e. The zero-order chi connectivity index (χ0) is 12.5. The Morgan fingerprint density at radius 2 is 2.29 bits per heavy atom. The highest BCUT2D eigenvalue weighted by Gasteiger charge is 2.28. The first-order chi connectivity index (χ1) is 8.03. The minimum Gasteiger partial charge on any atom is -0.354 e. The Morgan fingerprint density at radius 3 is 2.94 bits per heavy atom. The summed E-state index contributed by atoms with van der Waals surface area (Å²) in [5, 5.41) is 0. The van der Waals surface area contributed by atoms with Crippen LogP contribution in [0, 0.1) is 11.2 Å². The van der Waals surface area contributed by atoms with Gasteiger partial charge in [-0.3, -0.25) is 0 Å². The SMILES string of the molecule is CC1(C)CCCN(c2nccc(CN)c2F)C1. The summed E-state index contributed by atoms with van der Waals surface area (Å²) >= 11 is 0. The monoisotopic (exact) mass is 237 g/mol. The van der Waals surface area contributed by atoms with Gasteiger partial charge in [0.15, 0.2) is 11.6 Å². The van der Waals surface area contributed by atoms with E-state index in [0.29, 0.717) is 11.4 Å². The molecule has 0 radical (unpaired) electrons. The zero-order valence-electron chi connectivity index (χ0n) is 10.5. The van der Waals surface area contributed by atoms with Crippen LogP contribution in [0.15, 0.2) is 12.3 Å². The second kappa shape index (κ2) is 4.61. The van der Waals surface area contributed by atoms with Gasteiger partial charge in [-0.05, 0) is 24.3 Å². The van der Waals surface area contributed by atoms with E-state index in [1.807, 2.05) is 4.90 Å². The molecule has 0 bridgehead atoms. The van der Waals surface area contributed by atoms with Crippen molar-refractivity contribution < 1.29 is 4.39 Å². The molecule has 17 heavy (non-hydrogen) atoms. The molecule has 0 amide bonds. The molecule has 1 saturated heterocycles. The van der Waals surface area contributed by atoms with Crippen molar-refractivity contribution in [3.05, 3.63) is 23.6 Å². The van der Waals surface area contributed by atoms with E-state index in [2.05, 4.69) is 18.8 Å². The van der Waals surface area contributed by atoms with E-state index in [1.54, 1.807) is 12.3 Å². The minimum absolute atomic E-state index is 0.221. The molecule has 1 aromatic rings. The first-order valence-corrected chi connectivity index (χ1v) is 6.12. The van der Waals surface area contributed by atoms with E-state index in [9.17, 15) is 4.39 Å². The molecule has 0 unspecified atom stereocenters. The fourth-order valence-corrected chi connectivity index (χ4v) is 2.45. The van der Waals surface area contributed by atoms with E-state index in [4.69, 9.17) is 5.73 Å². The molecule has 4 heteroatoms. The van der Waals surface area contributed by atoms with Crippen LogP contribution in [-0.4, -0.2) is 18.1 Å². The second-order valence-corrected chi connectivity index (χ2v) is 5.50. The number of piperidine rings is 1. The van der Waals surface area contributed by atoms with Crippen LogP contribution in [-0.2, 0) is 6.54 Å². The van der Waals surface area contributed by atoms with Crippen molar-refractivity contribution in [2.24, 2.45) is 11.1 Å². The van der Waals surface area contributed by atoms with E-state index in [1.165, 1.54) is 6.42 Å². The first-order valence-electron chi connectivity index (χ1n) is 6.12. The molecule has 3 nitrogen and oxygen atoms in total. The predicted molar refractivity (Wildman–Crippen MR) is 67.3 cm³/mol. The van der Waals surface area contributed by atoms with Crippen LogP contribution in [0.4, 0.5) is 10.2 Å². The van der Waals surface area contributed by atoms with Crippen LogP contribution >= 0.6 is 0 Å². The number of pyridine rings is 1. The van der Waals surface area contributed by atoms with Gasteiger partial charge >= 0.3 is 0 Å². The van der Waals surface area contributed by atoms with Gasteiger partial charge in [0.2, 0.25) is 0 Å². The molecule has 0 saturated carbocycles. The molecule has 94 valence electrons. The molecule has 1 aliphatic rings. The minimum atomic E-state index is -0.257. The van der Waals surface area contributed by atoms with Gasteiger partial charge in [-0.2, -0.15) is 0 Å².